The standard InChI is InChI=1S/C27H29N3O2/c31-27-11-8-22-7-10-24(19-26(22)29-27)32-17-3-14-30-15-12-20(13-16-30)18-23-9-6-21-4-1-2-5-25(21)28-23/h1-2,4-7,9-10,18-19H,3,8,11-17H2,(H,29,31). The molecule has 0 atom stereocenters. The number of nitrogens with zero attached hydrogens (tertiary/aromatic N) is 2. The number of fused-ring (bicyclic) bond motifs is 2. The molecule has 32 heavy (non-hydrogen) atoms. The number of hydrogen-bond acceptors (Lipinski definition) is 4. The van der Waals surface area contributed by atoms with Gasteiger partial charge in [-0.25, -0.2) is 4.98 Å². The molecule has 1 amide bonds. The molecule has 1 aromatic heterocycles. The van der Waals surface area contributed by atoms with Gasteiger partial charge in [0.2, 0.25) is 5.91 Å². The summed E-state index contributed by atoms with van der Waals surface area (Å²) in [6, 6.07) is 18.6. The molecule has 2 aliphatic rings. The highest BCUT2D eigenvalue weighted by Gasteiger charge is 2.16. The van der Waals surface area contributed by atoms with Crippen molar-refractivity contribution in [2.75, 3.05) is 31.6 Å². The van der Waals surface area contributed by atoms with Crippen molar-refractivity contribution < 1.29 is 9.53 Å². The number of piperidine rings is 1. The number of aryl methyl sites for hydroxylation is 1. The minimum absolute atomic E-state index is 0.0876. The molecule has 1 fully saturated rings. The second-order valence-electron chi connectivity index (χ2n) is 8.64. The summed E-state index contributed by atoms with van der Waals surface area (Å²) in [6.45, 7) is 3.91. The van der Waals surface area contributed by atoms with Gasteiger partial charge in [-0.15, -0.1) is 0 Å². The van der Waals surface area contributed by atoms with Crippen LogP contribution in [0.1, 0.15) is 36.9 Å². The van der Waals surface area contributed by atoms with E-state index in [1.165, 1.54) is 16.5 Å². The quantitative estimate of drug-likeness (QED) is 0.558. The number of likely N-dealkylation sites (tertiary alicyclic amines) is 1. The Bertz CT molecular complexity index is 1140. The molecular formula is C27H29N3O2. The molecule has 2 aliphatic heterocycles. The highest BCUT2D eigenvalue weighted by molar-refractivity contribution is 5.94. The van der Waals surface area contributed by atoms with Crippen molar-refractivity contribution in [3.63, 3.8) is 0 Å². The van der Waals surface area contributed by atoms with Gasteiger partial charge in [0.25, 0.3) is 0 Å². The molecule has 3 heterocycles. The lowest BCUT2D eigenvalue weighted by Crippen LogP contribution is -2.32. The number of rotatable bonds is 6. The molecule has 2 aromatic carbocycles. The van der Waals surface area contributed by atoms with Gasteiger partial charge < -0.3 is 15.0 Å². The van der Waals surface area contributed by atoms with Crippen LogP contribution >= 0.6 is 0 Å². The normalized spacial score (nSPS) is 16.5. The van der Waals surface area contributed by atoms with E-state index in [4.69, 9.17) is 9.72 Å². The third kappa shape index (κ3) is 5.00. The Morgan fingerprint density at radius 2 is 1.88 bits per heavy atom. The molecule has 0 radical (unpaired) electrons. The van der Waals surface area contributed by atoms with Crippen molar-refractivity contribution in [3.8, 4) is 5.75 Å². The van der Waals surface area contributed by atoms with Gasteiger partial charge in [0, 0.05) is 43.2 Å². The average molecular weight is 428 g/mol. The first kappa shape index (κ1) is 20.7. The molecule has 164 valence electrons. The highest BCUT2D eigenvalue weighted by atomic mass is 16.5. The van der Waals surface area contributed by atoms with E-state index < -0.39 is 0 Å². The Hall–Kier alpha value is -3.18. The molecule has 3 aromatic rings. The lowest BCUT2D eigenvalue weighted by atomic mass is 10.0. The molecule has 0 aliphatic carbocycles. The van der Waals surface area contributed by atoms with Crippen molar-refractivity contribution in [2.24, 2.45) is 0 Å². The minimum Gasteiger partial charge on any atom is -0.493 e. The number of benzene rings is 2. The summed E-state index contributed by atoms with van der Waals surface area (Å²) in [6.07, 6.45) is 6.83. The molecule has 0 bridgehead atoms. The molecule has 0 saturated carbocycles. The zero-order chi connectivity index (χ0) is 21.8. The number of hydrogen-bond donors (Lipinski definition) is 1. The van der Waals surface area contributed by atoms with Crippen LogP contribution in [0.5, 0.6) is 5.75 Å². The smallest absolute Gasteiger partial charge is 0.224 e. The Balaban J connectivity index is 1.07. The van der Waals surface area contributed by atoms with Crippen LogP contribution in [0.2, 0.25) is 0 Å². The van der Waals surface area contributed by atoms with Crippen LogP contribution < -0.4 is 10.1 Å². The van der Waals surface area contributed by atoms with E-state index in [1.807, 2.05) is 18.2 Å². The fourth-order valence-corrected chi connectivity index (χ4v) is 4.50. The average Bonchev–Trinajstić information content (AvgIpc) is 2.82. The summed E-state index contributed by atoms with van der Waals surface area (Å²) in [5.74, 6) is 0.919. The van der Waals surface area contributed by atoms with E-state index in [0.29, 0.717) is 13.0 Å². The van der Waals surface area contributed by atoms with Gasteiger partial charge in [0.05, 0.1) is 17.8 Å². The van der Waals surface area contributed by atoms with Crippen molar-refractivity contribution in [1.82, 2.24) is 9.88 Å². The van der Waals surface area contributed by atoms with Crippen molar-refractivity contribution in [1.29, 1.82) is 0 Å². The van der Waals surface area contributed by atoms with Crippen LogP contribution in [0.25, 0.3) is 17.0 Å². The predicted molar refractivity (Wildman–Crippen MR) is 129 cm³/mol. The van der Waals surface area contributed by atoms with Crippen molar-refractivity contribution in [2.45, 2.75) is 32.1 Å². The summed E-state index contributed by atoms with van der Waals surface area (Å²) in [7, 11) is 0. The lowest BCUT2D eigenvalue weighted by Gasteiger charge is -2.28. The maximum Gasteiger partial charge on any atom is 0.224 e. The summed E-state index contributed by atoms with van der Waals surface area (Å²) >= 11 is 0. The van der Waals surface area contributed by atoms with E-state index >= 15 is 0 Å². The fourth-order valence-electron chi connectivity index (χ4n) is 4.50. The topological polar surface area (TPSA) is 54.5 Å². The SMILES string of the molecule is O=C1CCc2ccc(OCCCN3CCC(=Cc4ccc5ccccc5n4)CC3)cc2N1. The van der Waals surface area contributed by atoms with Gasteiger partial charge in [0.15, 0.2) is 0 Å². The maximum absolute atomic E-state index is 11.6. The van der Waals surface area contributed by atoms with Crippen LogP contribution in [0, 0.1) is 0 Å². The fraction of sp³-hybridized carbons (Fsp3) is 0.333. The number of aromatic nitrogens is 1. The van der Waals surface area contributed by atoms with Gasteiger partial charge in [-0.3, -0.25) is 4.79 Å². The van der Waals surface area contributed by atoms with Gasteiger partial charge in [-0.05, 0) is 55.5 Å². The Labute approximate surface area is 189 Å². The first-order valence-electron chi connectivity index (χ1n) is 11.6. The van der Waals surface area contributed by atoms with Crippen LogP contribution in [-0.2, 0) is 11.2 Å². The van der Waals surface area contributed by atoms with Crippen LogP contribution in [0.4, 0.5) is 5.69 Å². The molecule has 5 rings (SSSR count). The van der Waals surface area contributed by atoms with E-state index in [9.17, 15) is 4.79 Å². The highest BCUT2D eigenvalue weighted by Crippen LogP contribution is 2.27. The minimum atomic E-state index is 0.0876. The second-order valence-corrected chi connectivity index (χ2v) is 8.64. The number of para-hydroxylation sites is 1. The van der Waals surface area contributed by atoms with E-state index in [2.05, 4.69) is 52.7 Å². The molecule has 5 heteroatoms. The van der Waals surface area contributed by atoms with Crippen LogP contribution in [0.3, 0.4) is 0 Å². The van der Waals surface area contributed by atoms with Gasteiger partial charge >= 0.3 is 0 Å². The summed E-state index contributed by atoms with van der Waals surface area (Å²) in [5, 5.41) is 4.12. The molecule has 5 nitrogen and oxygen atoms in total. The maximum atomic E-state index is 11.6. The van der Waals surface area contributed by atoms with E-state index in [0.717, 1.165) is 68.0 Å². The molecule has 1 saturated heterocycles. The number of nitrogens with one attached hydrogen (secondary N) is 1. The first-order valence-corrected chi connectivity index (χ1v) is 11.6. The third-order valence-electron chi connectivity index (χ3n) is 6.33. The summed E-state index contributed by atoms with van der Waals surface area (Å²) in [4.78, 5) is 18.9. The second kappa shape index (κ2) is 9.53. The number of pyridine rings is 1. The number of carbonyl (C=O) groups is 1. The van der Waals surface area contributed by atoms with Crippen LogP contribution in [0.15, 0.2) is 60.2 Å². The summed E-state index contributed by atoms with van der Waals surface area (Å²) < 4.78 is 5.94. The van der Waals surface area contributed by atoms with Crippen molar-refractivity contribution in [3.05, 3.63) is 71.4 Å². The molecule has 0 unspecified atom stereocenters. The van der Waals surface area contributed by atoms with Crippen LogP contribution in [-0.4, -0.2) is 42.0 Å². The first-order chi connectivity index (χ1) is 15.7. The predicted octanol–water partition coefficient (Wildman–Crippen LogP) is 5.07. The molecule has 0 spiro atoms. The largest absolute Gasteiger partial charge is 0.493 e. The Morgan fingerprint density at radius 3 is 2.78 bits per heavy atom. The zero-order valence-corrected chi connectivity index (χ0v) is 18.3. The molecular weight excluding hydrogens is 398 g/mol. The lowest BCUT2D eigenvalue weighted by molar-refractivity contribution is -0.116. The molecule has 1 N–H and O–H groups in total. The Kier molecular flexibility index (Phi) is 6.17. The summed E-state index contributed by atoms with van der Waals surface area (Å²) in [5.41, 5.74) is 5.68. The number of carbonyl (C=O) groups excluding carboxylic acids is 1. The zero-order valence-electron chi connectivity index (χ0n) is 18.3. The third-order valence-corrected chi connectivity index (χ3v) is 6.33. The van der Waals surface area contributed by atoms with Gasteiger partial charge in [-0.2, -0.15) is 0 Å². The van der Waals surface area contributed by atoms with Gasteiger partial charge in [-0.1, -0.05) is 35.9 Å². The number of ether oxygens (including phenoxy) is 1. The van der Waals surface area contributed by atoms with Gasteiger partial charge in [0.1, 0.15) is 5.75 Å². The Morgan fingerprint density at radius 1 is 1.00 bits per heavy atom. The monoisotopic (exact) mass is 427 g/mol. The number of amides is 1. The van der Waals surface area contributed by atoms with E-state index in [1.54, 1.807) is 0 Å². The van der Waals surface area contributed by atoms with E-state index in [-0.39, 0.29) is 5.91 Å². The number of anilines is 1. The van der Waals surface area contributed by atoms with Crippen molar-refractivity contribution >= 4 is 28.6 Å².